The molecule has 13 heteroatoms. The zero-order valence-electron chi connectivity index (χ0n) is 15.2. The number of hydrogen-bond donors (Lipinski definition) is 0. The summed E-state index contributed by atoms with van der Waals surface area (Å²) >= 11 is 0. The maximum Gasteiger partial charge on any atom is 0.458 e. The second-order valence-electron chi connectivity index (χ2n) is 5.36. The van der Waals surface area contributed by atoms with Gasteiger partial charge in [-0.3, -0.25) is 0 Å². The van der Waals surface area contributed by atoms with E-state index in [1.54, 1.807) is 0 Å². The van der Waals surface area contributed by atoms with E-state index >= 15 is 0 Å². The van der Waals surface area contributed by atoms with Crippen LogP contribution in [-0.4, -0.2) is 21.0 Å². The second kappa shape index (κ2) is 9.95. The van der Waals surface area contributed by atoms with Crippen LogP contribution < -0.4 is 18.9 Å². The van der Waals surface area contributed by atoms with Crippen LogP contribution in [0.2, 0.25) is 0 Å². The van der Waals surface area contributed by atoms with Gasteiger partial charge >= 0.3 is 11.8 Å². The first-order valence-electron chi connectivity index (χ1n) is 7.64. The molecule has 0 saturated carbocycles. The third-order valence-electron chi connectivity index (χ3n) is 3.06. The van der Waals surface area contributed by atoms with Crippen LogP contribution in [0.3, 0.4) is 0 Å². The van der Waals surface area contributed by atoms with E-state index in [0.717, 1.165) is 13.1 Å². The van der Waals surface area contributed by atoms with Gasteiger partial charge < -0.3 is 14.4 Å². The molecule has 2 aromatic heterocycles. The van der Waals surface area contributed by atoms with Gasteiger partial charge in [-0.2, -0.15) is 22.0 Å². The van der Waals surface area contributed by atoms with E-state index < -0.39 is 19.4 Å². The van der Waals surface area contributed by atoms with Crippen LogP contribution in [0.1, 0.15) is 13.8 Å². The standard InChI is InChI=1S/2C6H11N2.C2H2F5O3P/c2*1-3-8-5-4-7(2)6-8;3-1(4,5)2(6,7)11(8,9)10/h2*4-6H,3H2,1-2H3;(H2,8,9,10)/q2*+1;/p-2. The molecule has 156 valence electrons. The number of nitrogens with zero attached hydrogens (tertiary/aromatic N) is 4. The predicted molar refractivity (Wildman–Crippen MR) is 81.2 cm³/mol. The van der Waals surface area contributed by atoms with Gasteiger partial charge in [-0.05, 0) is 13.8 Å². The van der Waals surface area contributed by atoms with E-state index in [1.165, 1.54) is 0 Å². The van der Waals surface area contributed by atoms with Gasteiger partial charge in [0.1, 0.15) is 24.8 Å². The first-order chi connectivity index (χ1) is 12.2. The minimum absolute atomic E-state index is 1.06. The van der Waals surface area contributed by atoms with Gasteiger partial charge in [-0.1, -0.05) is 0 Å². The van der Waals surface area contributed by atoms with Crippen LogP contribution in [0, 0.1) is 0 Å². The summed E-state index contributed by atoms with van der Waals surface area (Å²) in [5, 5.41) is 0. The van der Waals surface area contributed by atoms with Gasteiger partial charge in [-0.25, -0.2) is 18.3 Å². The molecule has 0 N–H and O–H groups in total. The van der Waals surface area contributed by atoms with Crippen molar-refractivity contribution in [1.82, 2.24) is 9.13 Å². The summed E-state index contributed by atoms with van der Waals surface area (Å²) in [7, 11) is -2.91. The normalized spacial score (nSPS) is 12.0. The quantitative estimate of drug-likeness (QED) is 0.417. The Morgan fingerprint density at radius 1 is 0.889 bits per heavy atom. The molecule has 0 aromatic carbocycles. The van der Waals surface area contributed by atoms with Crippen molar-refractivity contribution in [3.05, 3.63) is 37.4 Å². The molecule has 0 aliphatic carbocycles. The molecule has 0 aliphatic rings. The molecule has 0 saturated heterocycles. The van der Waals surface area contributed by atoms with Crippen LogP contribution in [-0.2, 0) is 31.7 Å². The van der Waals surface area contributed by atoms with E-state index in [9.17, 15) is 36.3 Å². The molecular formula is C14H22F5N4O3P. The number of aromatic nitrogens is 4. The Morgan fingerprint density at radius 3 is 1.30 bits per heavy atom. The highest BCUT2D eigenvalue weighted by Crippen LogP contribution is 2.54. The monoisotopic (exact) mass is 420 g/mol. The Hall–Kier alpha value is -1.78. The van der Waals surface area contributed by atoms with E-state index in [2.05, 4.69) is 48.0 Å². The largest absolute Gasteiger partial charge is 0.806 e. The number of hydrogen-bond acceptors (Lipinski definition) is 3. The van der Waals surface area contributed by atoms with Gasteiger partial charge in [0.25, 0.3) is 0 Å². The van der Waals surface area contributed by atoms with Gasteiger partial charge in [-0.15, -0.1) is 0 Å². The lowest BCUT2D eigenvalue weighted by Gasteiger charge is -2.37. The molecule has 2 rings (SSSR count). The van der Waals surface area contributed by atoms with Crippen molar-refractivity contribution in [2.45, 2.75) is 38.8 Å². The Balaban J connectivity index is 0.000000381. The Labute approximate surface area is 153 Å². The highest BCUT2D eigenvalue weighted by atomic mass is 31.2. The van der Waals surface area contributed by atoms with Crippen molar-refractivity contribution in [2.24, 2.45) is 14.1 Å². The predicted octanol–water partition coefficient (Wildman–Crippen LogP) is 0.720. The number of rotatable bonds is 3. The Morgan fingerprint density at radius 2 is 1.22 bits per heavy atom. The van der Waals surface area contributed by atoms with Gasteiger partial charge in [0.2, 0.25) is 12.7 Å². The fourth-order valence-electron chi connectivity index (χ4n) is 1.53. The van der Waals surface area contributed by atoms with Crippen molar-refractivity contribution in [3.8, 4) is 0 Å². The molecule has 2 heterocycles. The minimum atomic E-state index is -6.95. The van der Waals surface area contributed by atoms with Crippen molar-refractivity contribution < 1.29 is 45.4 Å². The van der Waals surface area contributed by atoms with Crippen LogP contribution >= 0.6 is 7.60 Å². The minimum Gasteiger partial charge on any atom is -0.806 e. The van der Waals surface area contributed by atoms with Crippen molar-refractivity contribution in [2.75, 3.05) is 0 Å². The Bertz CT molecular complexity index is 699. The summed E-state index contributed by atoms with van der Waals surface area (Å²) < 4.78 is 73.5. The van der Waals surface area contributed by atoms with E-state index in [0.29, 0.717) is 0 Å². The summed E-state index contributed by atoms with van der Waals surface area (Å²) in [6.45, 7) is 6.36. The molecule has 0 bridgehead atoms. The molecule has 2 aromatic rings. The molecule has 0 fully saturated rings. The fourth-order valence-corrected chi connectivity index (χ4v) is 1.84. The topological polar surface area (TPSA) is 80.8 Å². The molecule has 0 unspecified atom stereocenters. The zero-order chi connectivity index (χ0) is 21.5. The van der Waals surface area contributed by atoms with Crippen molar-refractivity contribution in [3.63, 3.8) is 0 Å². The average Bonchev–Trinajstić information content (AvgIpc) is 3.14. The molecular weight excluding hydrogens is 398 g/mol. The summed E-state index contributed by atoms with van der Waals surface area (Å²) in [6, 6.07) is 0. The molecule has 7 nitrogen and oxygen atoms in total. The summed E-state index contributed by atoms with van der Waals surface area (Å²) in [5.74, 6) is 0. The number of alkyl halides is 5. The lowest BCUT2D eigenvalue weighted by atomic mass is 10.7. The highest BCUT2D eigenvalue weighted by molar-refractivity contribution is 7.50. The summed E-state index contributed by atoms with van der Waals surface area (Å²) in [4.78, 5) is 18.6. The molecule has 0 radical (unpaired) electrons. The first-order valence-corrected chi connectivity index (χ1v) is 9.18. The first kappa shape index (κ1) is 25.2. The van der Waals surface area contributed by atoms with E-state index in [4.69, 9.17) is 0 Å². The molecule has 0 spiro atoms. The van der Waals surface area contributed by atoms with Crippen LogP contribution in [0.5, 0.6) is 0 Å². The summed E-state index contributed by atoms with van der Waals surface area (Å²) in [5.41, 5.74) is -6.18. The number of aryl methyl sites for hydroxylation is 4. The maximum absolute atomic E-state index is 11.4. The van der Waals surface area contributed by atoms with Gasteiger partial charge in [0, 0.05) is 7.60 Å². The van der Waals surface area contributed by atoms with Crippen LogP contribution in [0.4, 0.5) is 22.0 Å². The van der Waals surface area contributed by atoms with Gasteiger partial charge in [0.15, 0.2) is 0 Å². The maximum atomic E-state index is 11.4. The highest BCUT2D eigenvalue weighted by Gasteiger charge is 2.60. The number of halogens is 5. The molecule has 0 aliphatic heterocycles. The van der Waals surface area contributed by atoms with Crippen LogP contribution in [0.15, 0.2) is 37.4 Å². The van der Waals surface area contributed by atoms with E-state index in [-0.39, 0.29) is 0 Å². The molecule has 27 heavy (non-hydrogen) atoms. The third-order valence-corrected chi connectivity index (χ3v) is 4.00. The van der Waals surface area contributed by atoms with E-state index in [1.807, 2.05) is 35.6 Å². The number of imidazole rings is 2. The molecule has 0 atom stereocenters. The Kier molecular flexibility index (Phi) is 9.30. The zero-order valence-corrected chi connectivity index (χ0v) is 16.1. The SMILES string of the molecule is CCn1cc[n+](C)c1.CCn1cc[n+](C)c1.O=P([O-])([O-])C(F)(F)C(F)(F)F. The van der Waals surface area contributed by atoms with Crippen molar-refractivity contribution in [1.29, 1.82) is 0 Å². The average molecular weight is 420 g/mol. The lowest BCUT2D eigenvalue weighted by Crippen LogP contribution is -2.43. The smallest absolute Gasteiger partial charge is 0.458 e. The fraction of sp³-hybridized carbons (Fsp3) is 0.571. The second-order valence-corrected chi connectivity index (χ2v) is 6.91. The molecule has 0 amide bonds. The third kappa shape index (κ3) is 8.19. The van der Waals surface area contributed by atoms with Crippen molar-refractivity contribution >= 4 is 7.60 Å². The lowest BCUT2D eigenvalue weighted by molar-refractivity contribution is -0.671. The van der Waals surface area contributed by atoms with Gasteiger partial charge in [0.05, 0.1) is 27.2 Å². The summed E-state index contributed by atoms with van der Waals surface area (Å²) in [6.07, 6.45) is 5.94. The van der Waals surface area contributed by atoms with Crippen LogP contribution in [0.25, 0.3) is 0 Å².